The lowest BCUT2D eigenvalue weighted by Gasteiger charge is -2.21. The fourth-order valence-electron chi connectivity index (χ4n) is 1.91. The Balaban J connectivity index is 2.73. The molecule has 0 saturated heterocycles. The molecular weight excluding hydrogens is 365 g/mol. The lowest BCUT2D eigenvalue weighted by molar-refractivity contribution is -0.142. The Morgan fingerprint density at radius 3 is 2.36 bits per heavy atom. The third kappa shape index (κ3) is 3.26. The van der Waals surface area contributed by atoms with Crippen molar-refractivity contribution < 1.29 is 22.7 Å². The first-order chi connectivity index (χ1) is 9.90. The number of pyridine rings is 1. The summed E-state index contributed by atoms with van der Waals surface area (Å²) in [6.45, 7) is 6.44. The van der Waals surface area contributed by atoms with Crippen LogP contribution in [0.1, 0.15) is 32.0 Å². The molecule has 2 aromatic rings. The van der Waals surface area contributed by atoms with E-state index in [2.05, 4.69) is 20.9 Å². The Bertz CT molecular complexity index is 745. The molecule has 0 bridgehead atoms. The predicted octanol–water partition coefficient (Wildman–Crippen LogP) is 4.91. The van der Waals surface area contributed by atoms with Crippen LogP contribution in [0.15, 0.2) is 16.7 Å². The van der Waals surface area contributed by atoms with E-state index in [1.807, 2.05) is 0 Å². The summed E-state index contributed by atoms with van der Waals surface area (Å²) >= 11 is 3.17. The van der Waals surface area contributed by atoms with Gasteiger partial charge >= 0.3 is 12.3 Å². The first kappa shape index (κ1) is 16.8. The van der Waals surface area contributed by atoms with E-state index in [1.165, 1.54) is 6.07 Å². The van der Waals surface area contributed by atoms with Gasteiger partial charge in [-0.25, -0.2) is 14.3 Å². The highest BCUT2D eigenvalue weighted by Gasteiger charge is 2.38. The number of nitrogens with zero attached hydrogens (tertiary/aromatic N) is 2. The van der Waals surface area contributed by atoms with E-state index in [-0.39, 0.29) is 11.0 Å². The zero-order valence-electron chi connectivity index (χ0n) is 12.4. The minimum atomic E-state index is -4.70. The number of fused-ring (bicyclic) bond motifs is 1. The van der Waals surface area contributed by atoms with E-state index in [4.69, 9.17) is 4.74 Å². The first-order valence-electron chi connectivity index (χ1n) is 6.39. The van der Waals surface area contributed by atoms with Crippen LogP contribution in [-0.4, -0.2) is 21.2 Å². The van der Waals surface area contributed by atoms with Gasteiger partial charge in [0.2, 0.25) is 0 Å². The van der Waals surface area contributed by atoms with E-state index in [0.717, 1.165) is 6.07 Å². The van der Waals surface area contributed by atoms with E-state index in [9.17, 15) is 18.0 Å². The molecule has 0 atom stereocenters. The molecule has 2 rings (SSSR count). The van der Waals surface area contributed by atoms with Crippen LogP contribution in [0.2, 0.25) is 0 Å². The summed E-state index contributed by atoms with van der Waals surface area (Å²) in [7, 11) is 0. The molecule has 0 N–H and O–H groups in total. The minimum Gasteiger partial charge on any atom is -0.443 e. The van der Waals surface area contributed by atoms with Gasteiger partial charge in [0.25, 0.3) is 0 Å². The molecule has 0 aliphatic rings. The molecule has 22 heavy (non-hydrogen) atoms. The van der Waals surface area contributed by atoms with Gasteiger partial charge in [0.05, 0.1) is 11.0 Å². The van der Waals surface area contributed by atoms with Gasteiger partial charge in [-0.3, -0.25) is 0 Å². The largest absolute Gasteiger partial charge is 0.443 e. The van der Waals surface area contributed by atoms with Crippen LogP contribution < -0.4 is 0 Å². The standard InChI is InChI=1S/C14H14BrF3N2O2/c1-7-5-9-8(19-11(7)15)6-10(14(16,17)18)20(9)12(21)22-13(2,3)4/h5-6H,1-4H3. The molecule has 0 aliphatic heterocycles. The molecule has 0 radical (unpaired) electrons. The van der Waals surface area contributed by atoms with Crippen molar-refractivity contribution in [1.82, 2.24) is 9.55 Å². The van der Waals surface area contributed by atoms with Crippen LogP contribution >= 0.6 is 15.9 Å². The van der Waals surface area contributed by atoms with Crippen molar-refractivity contribution >= 4 is 33.1 Å². The van der Waals surface area contributed by atoms with Crippen molar-refractivity contribution in [2.75, 3.05) is 0 Å². The van der Waals surface area contributed by atoms with E-state index in [1.54, 1.807) is 27.7 Å². The molecule has 120 valence electrons. The maximum atomic E-state index is 13.2. The number of hydrogen-bond acceptors (Lipinski definition) is 3. The molecule has 2 aromatic heterocycles. The number of hydrogen-bond donors (Lipinski definition) is 0. The summed E-state index contributed by atoms with van der Waals surface area (Å²) in [4.78, 5) is 16.2. The molecule has 0 saturated carbocycles. The van der Waals surface area contributed by atoms with Crippen molar-refractivity contribution in [2.24, 2.45) is 0 Å². The average molecular weight is 379 g/mol. The molecule has 0 aliphatic carbocycles. The van der Waals surface area contributed by atoms with E-state index >= 15 is 0 Å². The molecule has 0 fully saturated rings. The second-order valence-corrected chi connectivity index (χ2v) is 6.59. The van der Waals surface area contributed by atoms with Crippen LogP contribution in [0.25, 0.3) is 11.0 Å². The van der Waals surface area contributed by atoms with Crippen molar-refractivity contribution in [3.05, 3.63) is 28.0 Å². The molecule has 4 nitrogen and oxygen atoms in total. The third-order valence-corrected chi connectivity index (χ3v) is 3.58. The summed E-state index contributed by atoms with van der Waals surface area (Å²) in [6.07, 6.45) is -5.78. The van der Waals surface area contributed by atoms with Crippen LogP contribution in [0.5, 0.6) is 0 Å². The Kier molecular flexibility index (Phi) is 4.01. The minimum absolute atomic E-state index is 0.0577. The second-order valence-electron chi connectivity index (χ2n) is 5.84. The quantitative estimate of drug-likeness (QED) is 0.611. The number of halogens is 4. The topological polar surface area (TPSA) is 44.1 Å². The van der Waals surface area contributed by atoms with Crippen LogP contribution in [0.4, 0.5) is 18.0 Å². The van der Waals surface area contributed by atoms with Gasteiger partial charge in [-0.15, -0.1) is 0 Å². The predicted molar refractivity (Wildman–Crippen MR) is 78.8 cm³/mol. The Morgan fingerprint density at radius 2 is 1.86 bits per heavy atom. The highest BCUT2D eigenvalue weighted by Crippen LogP contribution is 2.35. The molecule has 0 spiro atoms. The number of rotatable bonds is 0. The maximum Gasteiger partial charge on any atom is 0.432 e. The van der Waals surface area contributed by atoms with Gasteiger partial charge < -0.3 is 4.74 Å². The average Bonchev–Trinajstić information content (AvgIpc) is 2.65. The number of aryl methyl sites for hydroxylation is 1. The number of alkyl halides is 3. The van der Waals surface area contributed by atoms with E-state index in [0.29, 0.717) is 14.7 Å². The summed E-state index contributed by atoms with van der Waals surface area (Å²) in [5.41, 5.74) is -1.28. The number of carbonyl (C=O) groups is 1. The molecule has 8 heteroatoms. The van der Waals surface area contributed by atoms with Crippen LogP contribution in [0, 0.1) is 6.92 Å². The SMILES string of the molecule is Cc1cc2c(cc(C(F)(F)F)n2C(=O)OC(C)(C)C)nc1Br. The fraction of sp³-hybridized carbons (Fsp3) is 0.429. The Labute approximate surface area is 133 Å². The van der Waals surface area contributed by atoms with Gasteiger partial charge in [-0.2, -0.15) is 13.2 Å². The zero-order valence-corrected chi connectivity index (χ0v) is 14.0. The highest BCUT2D eigenvalue weighted by atomic mass is 79.9. The first-order valence-corrected chi connectivity index (χ1v) is 7.18. The van der Waals surface area contributed by atoms with E-state index < -0.39 is 23.6 Å². The van der Waals surface area contributed by atoms with Crippen molar-refractivity contribution in [1.29, 1.82) is 0 Å². The molecule has 2 heterocycles. The third-order valence-electron chi connectivity index (χ3n) is 2.78. The van der Waals surface area contributed by atoms with Crippen molar-refractivity contribution in [3.63, 3.8) is 0 Å². The second kappa shape index (κ2) is 5.26. The normalized spacial score (nSPS) is 12.7. The Morgan fingerprint density at radius 1 is 1.27 bits per heavy atom. The van der Waals surface area contributed by atoms with Gasteiger partial charge in [0.15, 0.2) is 0 Å². The summed E-state index contributed by atoms with van der Waals surface area (Å²) in [6, 6.07) is 2.30. The van der Waals surface area contributed by atoms with Crippen molar-refractivity contribution in [3.8, 4) is 0 Å². The number of carbonyl (C=O) groups excluding carboxylic acids is 1. The summed E-state index contributed by atoms with van der Waals surface area (Å²) in [5.74, 6) is 0. The molecule has 0 aromatic carbocycles. The number of ether oxygens (including phenoxy) is 1. The smallest absolute Gasteiger partial charge is 0.432 e. The maximum absolute atomic E-state index is 13.2. The molecular formula is C14H14BrF3N2O2. The summed E-state index contributed by atoms with van der Waals surface area (Å²) < 4.78 is 45.7. The van der Waals surface area contributed by atoms with Gasteiger partial charge in [-0.05, 0) is 61.3 Å². The van der Waals surface area contributed by atoms with Gasteiger partial charge in [0.1, 0.15) is 15.9 Å². The van der Waals surface area contributed by atoms with Crippen LogP contribution in [0.3, 0.4) is 0 Å². The lowest BCUT2D eigenvalue weighted by atomic mass is 10.2. The fourth-order valence-corrected chi connectivity index (χ4v) is 2.22. The van der Waals surface area contributed by atoms with Crippen LogP contribution in [-0.2, 0) is 10.9 Å². The zero-order chi connectivity index (χ0) is 16.9. The lowest BCUT2D eigenvalue weighted by Crippen LogP contribution is -2.29. The molecule has 0 amide bonds. The monoisotopic (exact) mass is 378 g/mol. The van der Waals surface area contributed by atoms with Crippen molar-refractivity contribution in [2.45, 2.75) is 39.5 Å². The Hall–Kier alpha value is -1.57. The highest BCUT2D eigenvalue weighted by molar-refractivity contribution is 9.10. The van der Waals surface area contributed by atoms with Gasteiger partial charge in [-0.1, -0.05) is 0 Å². The number of aromatic nitrogens is 2. The summed E-state index contributed by atoms with van der Waals surface area (Å²) in [5, 5.41) is 0. The molecule has 0 unspecified atom stereocenters. The van der Waals surface area contributed by atoms with Gasteiger partial charge in [0, 0.05) is 0 Å².